The number of furan rings is 1. The van der Waals surface area contributed by atoms with Gasteiger partial charge >= 0.3 is 0 Å². The highest BCUT2D eigenvalue weighted by atomic mass is 19.1. The van der Waals surface area contributed by atoms with Crippen LogP contribution < -0.4 is 20.7 Å². The van der Waals surface area contributed by atoms with E-state index in [1.54, 1.807) is 12.1 Å². The number of benzene rings is 1. The number of hydrogen-bond acceptors (Lipinski definition) is 12. The number of halogens is 2. The van der Waals surface area contributed by atoms with Gasteiger partial charge in [0, 0.05) is 51.4 Å². The molecule has 5 rings (SSSR count). The first kappa shape index (κ1) is 25.6. The molecule has 5 N–H and O–H groups in total. The lowest BCUT2D eigenvalue weighted by Crippen LogP contribution is -2.48. The van der Waals surface area contributed by atoms with Crippen molar-refractivity contribution in [3.63, 3.8) is 0 Å². The predicted molar refractivity (Wildman–Crippen MR) is 133 cm³/mol. The van der Waals surface area contributed by atoms with Crippen LogP contribution in [0.1, 0.15) is 0 Å². The Balaban J connectivity index is 1.14. The van der Waals surface area contributed by atoms with Gasteiger partial charge in [-0.1, -0.05) is 0 Å². The second-order valence-corrected chi connectivity index (χ2v) is 8.67. The Labute approximate surface area is 215 Å². The number of anilines is 3. The lowest BCUT2D eigenvalue weighted by Gasteiger charge is -2.36. The summed E-state index contributed by atoms with van der Waals surface area (Å²) in [6.45, 7) is 2.72. The van der Waals surface area contributed by atoms with Gasteiger partial charge in [-0.25, -0.2) is 8.78 Å². The van der Waals surface area contributed by atoms with Gasteiger partial charge in [-0.3, -0.25) is 4.90 Å². The van der Waals surface area contributed by atoms with Crippen molar-refractivity contribution in [2.24, 2.45) is 0 Å². The summed E-state index contributed by atoms with van der Waals surface area (Å²) in [6, 6.07) is 5.52. The highest BCUT2D eigenvalue weighted by Crippen LogP contribution is 2.29. The molecule has 4 heterocycles. The first-order valence-electron chi connectivity index (χ1n) is 12.0. The van der Waals surface area contributed by atoms with E-state index in [-0.39, 0.29) is 29.8 Å². The fourth-order valence-electron chi connectivity index (χ4n) is 4.04. The summed E-state index contributed by atoms with van der Waals surface area (Å²) in [6.07, 6.45) is 0.372. The third-order valence-electron chi connectivity index (χ3n) is 6.04. The van der Waals surface area contributed by atoms with Crippen LogP contribution in [-0.2, 0) is 0 Å². The maximum Gasteiger partial charge on any atom is 0.259 e. The minimum absolute atomic E-state index is 0.131. The summed E-state index contributed by atoms with van der Waals surface area (Å²) < 4.78 is 40.5. The van der Waals surface area contributed by atoms with Crippen molar-refractivity contribution < 1.29 is 28.1 Å². The van der Waals surface area contributed by atoms with Crippen LogP contribution in [0.3, 0.4) is 0 Å². The smallest absolute Gasteiger partial charge is 0.259 e. The van der Waals surface area contributed by atoms with Crippen LogP contribution in [0.15, 0.2) is 34.9 Å². The van der Waals surface area contributed by atoms with E-state index in [9.17, 15) is 13.9 Å². The molecule has 13 nitrogen and oxygen atoms in total. The van der Waals surface area contributed by atoms with E-state index in [4.69, 9.17) is 20.0 Å². The molecule has 1 aliphatic rings. The first-order valence-corrected chi connectivity index (χ1v) is 12.0. The summed E-state index contributed by atoms with van der Waals surface area (Å²) in [5.74, 6) is -0.159. The highest BCUT2D eigenvalue weighted by molar-refractivity contribution is 5.54. The van der Waals surface area contributed by atoms with Crippen LogP contribution in [-0.4, -0.2) is 98.3 Å². The number of nitrogens with one attached hydrogen (secondary N) is 1. The maximum atomic E-state index is 14.5. The van der Waals surface area contributed by atoms with Crippen molar-refractivity contribution in [1.82, 2.24) is 29.5 Å². The Hall–Kier alpha value is -4.08. The van der Waals surface area contributed by atoms with Crippen molar-refractivity contribution in [3.8, 4) is 17.3 Å². The van der Waals surface area contributed by atoms with Crippen molar-refractivity contribution in [2.45, 2.75) is 6.10 Å². The molecule has 1 saturated heterocycles. The van der Waals surface area contributed by atoms with Gasteiger partial charge in [-0.2, -0.15) is 19.5 Å². The molecule has 1 aliphatic heterocycles. The number of nitrogens with zero attached hydrogens (tertiary/aromatic N) is 7. The maximum absolute atomic E-state index is 14.5. The van der Waals surface area contributed by atoms with Gasteiger partial charge in [0.25, 0.3) is 5.78 Å². The van der Waals surface area contributed by atoms with Gasteiger partial charge in [0.1, 0.15) is 18.5 Å². The SMILES string of the molecule is Nc1nc(NCCN2CCN(c3cc(OC[C@@H](O)CO)c(F)cc3F)CC2)nc2nc(-c3ccco3)nn12. The minimum Gasteiger partial charge on any atom is -0.488 e. The molecule has 0 saturated carbocycles. The lowest BCUT2D eigenvalue weighted by atomic mass is 10.2. The molecule has 3 aromatic heterocycles. The quantitative estimate of drug-likeness (QED) is 0.226. The number of ether oxygens (including phenoxy) is 1. The Bertz CT molecular complexity index is 1380. The van der Waals surface area contributed by atoms with Crippen LogP contribution >= 0.6 is 0 Å². The van der Waals surface area contributed by atoms with Gasteiger partial charge in [-0.05, 0) is 12.1 Å². The van der Waals surface area contributed by atoms with Gasteiger partial charge in [0.2, 0.25) is 17.7 Å². The second kappa shape index (κ2) is 11.1. The van der Waals surface area contributed by atoms with Gasteiger partial charge in [-0.15, -0.1) is 5.10 Å². The van der Waals surface area contributed by atoms with Gasteiger partial charge < -0.3 is 35.3 Å². The molecule has 15 heteroatoms. The summed E-state index contributed by atoms with van der Waals surface area (Å²) in [5.41, 5.74) is 6.24. The largest absolute Gasteiger partial charge is 0.488 e. The Morgan fingerprint density at radius 3 is 2.68 bits per heavy atom. The molecular weight excluding hydrogens is 504 g/mol. The normalized spacial score (nSPS) is 15.2. The molecule has 0 unspecified atom stereocenters. The molecule has 38 heavy (non-hydrogen) atoms. The number of aliphatic hydroxyl groups is 2. The molecule has 0 radical (unpaired) electrons. The van der Waals surface area contributed by atoms with Crippen LogP contribution in [0.2, 0.25) is 0 Å². The highest BCUT2D eigenvalue weighted by Gasteiger charge is 2.22. The molecule has 1 atom stereocenters. The van der Waals surface area contributed by atoms with Gasteiger partial charge in [0.05, 0.1) is 18.6 Å². The molecule has 0 amide bonds. The van der Waals surface area contributed by atoms with E-state index in [0.717, 1.165) is 6.07 Å². The molecule has 0 bridgehead atoms. The average Bonchev–Trinajstić information content (AvgIpc) is 3.59. The van der Waals surface area contributed by atoms with Crippen LogP contribution in [0, 0.1) is 11.6 Å². The van der Waals surface area contributed by atoms with E-state index >= 15 is 0 Å². The monoisotopic (exact) mass is 531 g/mol. The minimum atomic E-state index is -1.15. The molecular formula is C23H27F2N9O4. The van der Waals surface area contributed by atoms with E-state index in [1.807, 2.05) is 4.90 Å². The number of hydrogen-bond donors (Lipinski definition) is 4. The molecule has 1 fully saturated rings. The van der Waals surface area contributed by atoms with E-state index in [2.05, 4.69) is 30.3 Å². The van der Waals surface area contributed by atoms with Crippen LogP contribution in [0.25, 0.3) is 17.4 Å². The number of nitrogens with two attached hydrogens (primary N) is 1. The van der Waals surface area contributed by atoms with Crippen molar-refractivity contribution in [3.05, 3.63) is 42.2 Å². The Kier molecular flexibility index (Phi) is 7.48. The van der Waals surface area contributed by atoms with Crippen LogP contribution in [0.5, 0.6) is 5.75 Å². The van der Waals surface area contributed by atoms with Crippen molar-refractivity contribution >= 4 is 23.4 Å². The zero-order valence-corrected chi connectivity index (χ0v) is 20.3. The molecule has 202 valence electrons. The Morgan fingerprint density at radius 1 is 1.13 bits per heavy atom. The first-order chi connectivity index (χ1) is 18.4. The number of fused-ring (bicyclic) bond motifs is 1. The Morgan fingerprint density at radius 2 is 1.95 bits per heavy atom. The topological polar surface area (TPSA) is 163 Å². The predicted octanol–water partition coefficient (Wildman–Crippen LogP) is 0.606. The summed E-state index contributed by atoms with van der Waals surface area (Å²) in [5, 5.41) is 25.7. The standard InChI is InChI=1S/C23H27F2N9O4/c24-15-10-16(25)19(38-13-14(36)12-35)11-17(15)33-7-5-32(6-8-33)4-3-27-22-29-21(26)34-23(30-22)28-20(31-34)18-2-1-9-37-18/h1-2,9-11,14,35-36H,3-8,12-13H2,(H3,26,27,28,29,30,31)/t14-/m0/s1. The molecule has 0 spiro atoms. The van der Waals surface area contributed by atoms with E-state index in [0.29, 0.717) is 56.8 Å². The summed E-state index contributed by atoms with van der Waals surface area (Å²) in [7, 11) is 0. The third-order valence-corrected chi connectivity index (χ3v) is 6.04. The van der Waals surface area contributed by atoms with Crippen molar-refractivity contribution in [1.29, 1.82) is 0 Å². The number of aliphatic hydroxyl groups excluding tert-OH is 2. The van der Waals surface area contributed by atoms with Crippen molar-refractivity contribution in [2.75, 3.05) is 68.4 Å². The molecule has 0 aliphatic carbocycles. The second-order valence-electron chi connectivity index (χ2n) is 8.67. The lowest BCUT2D eigenvalue weighted by molar-refractivity contribution is 0.0523. The zero-order valence-electron chi connectivity index (χ0n) is 20.3. The number of rotatable bonds is 10. The summed E-state index contributed by atoms with van der Waals surface area (Å²) >= 11 is 0. The number of aromatic nitrogens is 5. The molecule has 1 aromatic carbocycles. The zero-order chi connectivity index (χ0) is 26.6. The average molecular weight is 532 g/mol. The number of nitrogen functional groups attached to an aromatic ring is 1. The molecule has 4 aromatic rings. The van der Waals surface area contributed by atoms with E-state index < -0.39 is 24.3 Å². The fourth-order valence-corrected chi connectivity index (χ4v) is 4.04. The van der Waals surface area contributed by atoms with E-state index in [1.165, 1.54) is 16.8 Å². The number of piperazine rings is 1. The third kappa shape index (κ3) is 5.58. The van der Waals surface area contributed by atoms with Gasteiger partial charge in [0.15, 0.2) is 17.3 Å². The fraction of sp³-hybridized carbons (Fsp3) is 0.391. The van der Waals surface area contributed by atoms with Crippen LogP contribution in [0.4, 0.5) is 26.4 Å². The summed E-state index contributed by atoms with van der Waals surface area (Å²) in [4.78, 5) is 16.9.